The van der Waals surface area contributed by atoms with E-state index in [1.165, 1.54) is 13.5 Å². The molecular weight excluding hydrogens is 330 g/mol. The molecule has 5 nitrogen and oxygen atoms in total. The molecule has 0 aromatic heterocycles. The third kappa shape index (κ3) is 2.87. The highest BCUT2D eigenvalue weighted by molar-refractivity contribution is 5.93. The molecule has 0 spiro atoms. The van der Waals surface area contributed by atoms with Crippen LogP contribution >= 0.6 is 0 Å². The summed E-state index contributed by atoms with van der Waals surface area (Å²) in [4.78, 5) is 24.7. The fourth-order valence-corrected chi connectivity index (χ4v) is 5.06. The summed E-state index contributed by atoms with van der Waals surface area (Å²) >= 11 is 0. The van der Waals surface area contributed by atoms with Crippen LogP contribution in [0.4, 0.5) is 5.69 Å². The summed E-state index contributed by atoms with van der Waals surface area (Å²) in [5.41, 5.74) is 6.92. The van der Waals surface area contributed by atoms with Gasteiger partial charge < -0.3 is 15.2 Å². The van der Waals surface area contributed by atoms with E-state index in [1.807, 2.05) is 0 Å². The number of carbonyl (C=O) groups is 2. The normalized spacial score (nSPS) is 28.8. The Morgan fingerprint density at radius 3 is 2.58 bits per heavy atom. The third-order valence-electron chi connectivity index (χ3n) is 7.20. The second kappa shape index (κ2) is 6.60. The number of anilines is 1. The smallest absolute Gasteiger partial charge is 0.341 e. The maximum atomic E-state index is 12.9. The van der Waals surface area contributed by atoms with Crippen LogP contribution in [0.1, 0.15) is 56.8 Å². The molecular formula is C21H29NO4. The van der Waals surface area contributed by atoms with Gasteiger partial charge in [-0.25, -0.2) is 4.79 Å². The van der Waals surface area contributed by atoms with Crippen LogP contribution in [0, 0.1) is 22.7 Å². The molecule has 2 aliphatic rings. The number of ketones is 1. The molecule has 2 bridgehead atoms. The number of ether oxygens (including phenoxy) is 2. The first-order valence-corrected chi connectivity index (χ1v) is 9.34. The van der Waals surface area contributed by atoms with Gasteiger partial charge in [-0.1, -0.05) is 20.8 Å². The van der Waals surface area contributed by atoms with Crippen LogP contribution < -0.4 is 10.5 Å². The monoisotopic (exact) mass is 359 g/mol. The van der Waals surface area contributed by atoms with Gasteiger partial charge in [-0.2, -0.15) is 0 Å². The maximum absolute atomic E-state index is 12.9. The number of hydrogen-bond donors (Lipinski definition) is 1. The van der Waals surface area contributed by atoms with E-state index in [9.17, 15) is 9.59 Å². The van der Waals surface area contributed by atoms with Crippen molar-refractivity contribution in [2.24, 2.45) is 22.7 Å². The molecule has 1 aromatic carbocycles. The molecule has 2 N–H and O–H groups in total. The summed E-state index contributed by atoms with van der Waals surface area (Å²) < 4.78 is 10.5. The van der Waals surface area contributed by atoms with Gasteiger partial charge in [-0.15, -0.1) is 0 Å². The Hall–Kier alpha value is -2.04. The first-order valence-electron chi connectivity index (χ1n) is 9.34. The molecule has 1 aromatic rings. The molecule has 2 saturated carbocycles. The minimum Gasteiger partial charge on any atom is -0.492 e. The van der Waals surface area contributed by atoms with Crippen molar-refractivity contribution >= 4 is 17.4 Å². The third-order valence-corrected chi connectivity index (χ3v) is 7.20. The van der Waals surface area contributed by atoms with Crippen LogP contribution in [0.3, 0.4) is 0 Å². The Balaban J connectivity index is 1.64. The van der Waals surface area contributed by atoms with Crippen molar-refractivity contribution in [3.05, 3.63) is 23.8 Å². The van der Waals surface area contributed by atoms with E-state index in [0.717, 1.165) is 12.8 Å². The van der Waals surface area contributed by atoms with Gasteiger partial charge in [0.25, 0.3) is 0 Å². The summed E-state index contributed by atoms with van der Waals surface area (Å²) in [6.45, 7) is 7.13. The lowest BCUT2D eigenvalue weighted by molar-refractivity contribution is -0.128. The topological polar surface area (TPSA) is 78.6 Å². The average Bonchev–Trinajstić information content (AvgIpc) is 2.94. The van der Waals surface area contributed by atoms with Crippen LogP contribution in [0.15, 0.2) is 18.2 Å². The van der Waals surface area contributed by atoms with E-state index in [2.05, 4.69) is 20.8 Å². The number of fused-ring (bicyclic) bond motifs is 2. The summed E-state index contributed by atoms with van der Waals surface area (Å²) in [5.74, 6) is 0.909. The summed E-state index contributed by atoms with van der Waals surface area (Å²) in [6, 6.07) is 4.80. The molecule has 142 valence electrons. The summed E-state index contributed by atoms with van der Waals surface area (Å²) in [6.07, 6.45) is 3.70. The number of Topliss-reactive ketones (excluding diaryl/α,β-unsaturated/α-hetero) is 1. The highest BCUT2D eigenvalue weighted by Gasteiger charge is 2.62. The number of nitrogens with two attached hydrogens (primary N) is 1. The van der Waals surface area contributed by atoms with Gasteiger partial charge in [0, 0.05) is 24.1 Å². The van der Waals surface area contributed by atoms with Crippen LogP contribution in [0.5, 0.6) is 5.75 Å². The Morgan fingerprint density at radius 1 is 1.27 bits per heavy atom. The Bertz CT molecular complexity index is 727. The zero-order valence-electron chi connectivity index (χ0n) is 16.1. The number of nitrogen functional groups attached to an aromatic ring is 1. The molecule has 0 aliphatic heterocycles. The van der Waals surface area contributed by atoms with Crippen molar-refractivity contribution in [3.63, 3.8) is 0 Å². The molecule has 3 unspecified atom stereocenters. The SMILES string of the molecule is COC(=O)c1ccc(N)cc1OCCC(=O)C1CC2CCC1(C)C2(C)C. The second-order valence-electron chi connectivity index (χ2n) is 8.47. The molecule has 2 fully saturated rings. The molecule has 5 heteroatoms. The number of rotatable bonds is 6. The van der Waals surface area contributed by atoms with Crippen molar-refractivity contribution in [1.29, 1.82) is 0 Å². The summed E-state index contributed by atoms with van der Waals surface area (Å²) in [7, 11) is 1.32. The molecule has 0 saturated heterocycles. The van der Waals surface area contributed by atoms with E-state index in [1.54, 1.807) is 18.2 Å². The van der Waals surface area contributed by atoms with Gasteiger partial charge in [-0.05, 0) is 48.1 Å². The number of hydrogen-bond acceptors (Lipinski definition) is 5. The fraction of sp³-hybridized carbons (Fsp3) is 0.619. The predicted octanol–water partition coefficient (Wildman–Crippen LogP) is 3.86. The van der Waals surface area contributed by atoms with Crippen molar-refractivity contribution in [3.8, 4) is 5.75 Å². The van der Waals surface area contributed by atoms with Crippen molar-refractivity contribution in [1.82, 2.24) is 0 Å². The van der Waals surface area contributed by atoms with Gasteiger partial charge in [0.2, 0.25) is 0 Å². The molecule has 3 rings (SSSR count). The van der Waals surface area contributed by atoms with Crippen LogP contribution in [0.2, 0.25) is 0 Å². The molecule has 26 heavy (non-hydrogen) atoms. The van der Waals surface area contributed by atoms with E-state index >= 15 is 0 Å². The van der Waals surface area contributed by atoms with E-state index in [4.69, 9.17) is 15.2 Å². The van der Waals surface area contributed by atoms with E-state index in [0.29, 0.717) is 29.3 Å². The van der Waals surface area contributed by atoms with Crippen molar-refractivity contribution in [2.45, 2.75) is 46.5 Å². The minimum atomic E-state index is -0.478. The molecule has 0 amide bonds. The number of carbonyl (C=O) groups excluding carboxylic acids is 2. The lowest BCUT2D eigenvalue weighted by Gasteiger charge is -2.38. The first kappa shape index (κ1) is 18.7. The van der Waals surface area contributed by atoms with Crippen LogP contribution in [-0.4, -0.2) is 25.5 Å². The van der Waals surface area contributed by atoms with Gasteiger partial charge in [0.05, 0.1) is 13.7 Å². The molecule has 2 aliphatic carbocycles. The average molecular weight is 359 g/mol. The summed E-state index contributed by atoms with van der Waals surface area (Å²) in [5, 5.41) is 0. The number of benzene rings is 1. The first-order chi connectivity index (χ1) is 12.2. The van der Waals surface area contributed by atoms with Crippen LogP contribution in [-0.2, 0) is 9.53 Å². The Labute approximate surface area is 155 Å². The zero-order chi connectivity index (χ0) is 19.1. The standard InChI is InChI=1S/C21H29NO4/c1-20(2)13-7-9-21(20,3)16(11-13)17(23)8-10-26-18-12-14(22)5-6-15(18)19(24)25-4/h5-6,12-13,16H,7-11,22H2,1-4H3. The lowest BCUT2D eigenvalue weighted by atomic mass is 9.65. The number of esters is 1. The van der Waals surface area contributed by atoms with Gasteiger partial charge in [0.15, 0.2) is 0 Å². The largest absolute Gasteiger partial charge is 0.492 e. The molecule has 0 heterocycles. The van der Waals surface area contributed by atoms with Gasteiger partial charge in [-0.3, -0.25) is 4.79 Å². The second-order valence-corrected chi connectivity index (χ2v) is 8.47. The zero-order valence-corrected chi connectivity index (χ0v) is 16.1. The van der Waals surface area contributed by atoms with Crippen LogP contribution in [0.25, 0.3) is 0 Å². The lowest BCUT2D eigenvalue weighted by Crippen LogP contribution is -2.36. The Kier molecular flexibility index (Phi) is 4.76. The van der Waals surface area contributed by atoms with E-state index in [-0.39, 0.29) is 29.1 Å². The van der Waals surface area contributed by atoms with Gasteiger partial charge in [0.1, 0.15) is 17.1 Å². The quantitative estimate of drug-likeness (QED) is 0.616. The highest BCUT2D eigenvalue weighted by atomic mass is 16.5. The number of methoxy groups -OCH3 is 1. The van der Waals surface area contributed by atoms with Crippen molar-refractivity contribution in [2.75, 3.05) is 19.5 Å². The molecule has 0 radical (unpaired) electrons. The fourth-order valence-electron chi connectivity index (χ4n) is 5.06. The maximum Gasteiger partial charge on any atom is 0.341 e. The Morgan fingerprint density at radius 2 is 2.00 bits per heavy atom. The van der Waals surface area contributed by atoms with E-state index < -0.39 is 5.97 Å². The molecule has 3 atom stereocenters. The van der Waals surface area contributed by atoms with Crippen molar-refractivity contribution < 1.29 is 19.1 Å². The predicted molar refractivity (Wildman–Crippen MR) is 100 cm³/mol. The minimum absolute atomic E-state index is 0.0864. The van der Waals surface area contributed by atoms with Gasteiger partial charge >= 0.3 is 5.97 Å². The highest BCUT2D eigenvalue weighted by Crippen LogP contribution is 2.68.